The van der Waals surface area contributed by atoms with Gasteiger partial charge in [-0.1, -0.05) is 181 Å². The van der Waals surface area contributed by atoms with Crippen molar-refractivity contribution >= 4 is 13.7 Å². The molecule has 1 aliphatic carbocycles. The van der Waals surface area contributed by atoms with Gasteiger partial charge in [0.05, 0.1) is 31.3 Å². The second-order valence-corrected chi connectivity index (χ2v) is 17.9. The Kier molecular flexibility index (Phi) is 31.5. The quantitative estimate of drug-likeness (QED) is 0.0231. The molecule has 0 saturated heterocycles. The Morgan fingerprint density at radius 3 is 1.29 bits per heavy atom. The molecule has 0 spiro atoms. The van der Waals surface area contributed by atoms with Gasteiger partial charge in [0, 0.05) is 0 Å². The molecule has 1 fully saturated rings. The van der Waals surface area contributed by atoms with Gasteiger partial charge in [-0.3, -0.25) is 13.8 Å². The van der Waals surface area contributed by atoms with Crippen LogP contribution in [0.1, 0.15) is 200 Å². The van der Waals surface area contributed by atoms with Crippen LogP contribution in [0.15, 0.2) is 0 Å². The summed E-state index contributed by atoms with van der Waals surface area (Å²) in [5.74, 6) is -0.562. The van der Waals surface area contributed by atoms with Gasteiger partial charge in [0.25, 0.3) is 0 Å². The molecule has 0 aromatic heterocycles. The van der Waals surface area contributed by atoms with Crippen LogP contribution in [0, 0.1) is 0 Å². The molecule has 0 bridgehead atoms. The molecule has 8 unspecified atom stereocenters. The van der Waals surface area contributed by atoms with Crippen molar-refractivity contribution < 1.29 is 59.0 Å². The molecule has 334 valence electrons. The Bertz CT molecular complexity index is 979. The summed E-state index contributed by atoms with van der Waals surface area (Å²) in [6.07, 6.45) is 17.6. The molecule has 13 nitrogen and oxygen atoms in total. The van der Waals surface area contributed by atoms with E-state index < -0.39 is 75.2 Å². The van der Waals surface area contributed by atoms with E-state index in [0.717, 1.165) is 51.4 Å². The van der Waals surface area contributed by atoms with Crippen LogP contribution < -0.4 is 5.32 Å². The van der Waals surface area contributed by atoms with Crippen molar-refractivity contribution in [2.24, 2.45) is 0 Å². The van der Waals surface area contributed by atoms with Crippen LogP contribution in [0.5, 0.6) is 0 Å². The Hall–Kier alpha value is -0.700. The minimum Gasteiger partial charge on any atom is -0.393 e. The predicted octanol–water partition coefficient (Wildman–Crippen LogP) is 6.87. The molecular weight excluding hydrogens is 741 g/mol. The van der Waals surface area contributed by atoms with Gasteiger partial charge in [0.2, 0.25) is 5.91 Å². The highest BCUT2D eigenvalue weighted by atomic mass is 31.2. The first kappa shape index (κ1) is 53.3. The molecule has 1 rings (SSSR count). The molecule has 0 aromatic rings. The molecule has 0 radical (unpaired) electrons. The summed E-state index contributed by atoms with van der Waals surface area (Å²) in [5, 5.41) is 74.3. The normalized spacial score (nSPS) is 24.1. The van der Waals surface area contributed by atoms with E-state index in [4.69, 9.17) is 9.05 Å². The number of hydrogen-bond acceptors (Lipinski definition) is 11. The largest absolute Gasteiger partial charge is 0.472 e. The zero-order valence-corrected chi connectivity index (χ0v) is 36.0. The monoisotopic (exact) mass is 826 g/mol. The molecule has 1 amide bonds. The fourth-order valence-electron chi connectivity index (χ4n) is 7.48. The smallest absolute Gasteiger partial charge is 0.393 e. The number of aliphatic hydroxyl groups excluding tert-OH is 7. The van der Waals surface area contributed by atoms with E-state index in [1.165, 1.54) is 109 Å². The van der Waals surface area contributed by atoms with Gasteiger partial charge in [-0.25, -0.2) is 4.57 Å². The third-order valence-electron chi connectivity index (χ3n) is 11.2. The number of phosphoric ester groups is 1. The molecule has 0 aromatic carbocycles. The van der Waals surface area contributed by atoms with E-state index in [0.29, 0.717) is 12.8 Å². The van der Waals surface area contributed by atoms with Crippen LogP contribution in [0.3, 0.4) is 0 Å². The fourth-order valence-corrected chi connectivity index (χ4v) is 8.45. The third-order valence-corrected chi connectivity index (χ3v) is 12.2. The molecular formula is C42H84NO12P. The number of aliphatic hydroxyl groups is 7. The van der Waals surface area contributed by atoms with Crippen molar-refractivity contribution in [1.29, 1.82) is 0 Å². The van der Waals surface area contributed by atoms with Gasteiger partial charge in [0.15, 0.2) is 0 Å². The summed E-state index contributed by atoms with van der Waals surface area (Å²) in [7, 11) is -5.10. The summed E-state index contributed by atoms with van der Waals surface area (Å²) in [5.41, 5.74) is 0. The third kappa shape index (κ3) is 25.0. The van der Waals surface area contributed by atoms with Crippen molar-refractivity contribution in [3.63, 3.8) is 0 Å². The lowest BCUT2D eigenvalue weighted by Gasteiger charge is -2.41. The second kappa shape index (κ2) is 33.1. The first-order chi connectivity index (χ1) is 26.8. The van der Waals surface area contributed by atoms with Crippen LogP contribution in [0.25, 0.3) is 0 Å². The van der Waals surface area contributed by atoms with Gasteiger partial charge in [-0.15, -0.1) is 0 Å². The molecule has 9 N–H and O–H groups in total. The lowest BCUT2D eigenvalue weighted by Crippen LogP contribution is -2.64. The predicted molar refractivity (Wildman–Crippen MR) is 220 cm³/mol. The van der Waals surface area contributed by atoms with Crippen molar-refractivity contribution in [2.75, 3.05) is 6.61 Å². The van der Waals surface area contributed by atoms with Gasteiger partial charge in [-0.05, 0) is 12.8 Å². The van der Waals surface area contributed by atoms with Gasteiger partial charge < -0.3 is 46.0 Å². The van der Waals surface area contributed by atoms with Crippen LogP contribution in [0.2, 0.25) is 0 Å². The first-order valence-electron chi connectivity index (χ1n) is 22.6. The standard InChI is InChI=1S/C42H84NO12P/c1-3-5-7-9-11-12-13-14-15-16-17-18-19-20-21-22-24-26-28-30-35(45)34(43-36(46)31-33(44)29-27-25-23-10-8-6-4-2)32-54-56(52,53)55-42-40(50)38(48)37(47)39(49)41(42)51/h33-35,37-42,44-45,47-51H,3-32H2,1-2H3,(H,43,46)(H,52,53). The zero-order valence-electron chi connectivity index (χ0n) is 35.1. The van der Waals surface area contributed by atoms with Crippen LogP contribution in [-0.4, -0.2) is 108 Å². The van der Waals surface area contributed by atoms with Crippen molar-refractivity contribution in [2.45, 2.75) is 255 Å². The average molecular weight is 826 g/mol. The van der Waals surface area contributed by atoms with Gasteiger partial charge in [-0.2, -0.15) is 0 Å². The van der Waals surface area contributed by atoms with Gasteiger partial charge in [0.1, 0.15) is 36.6 Å². The lowest BCUT2D eigenvalue weighted by atomic mass is 9.85. The topological polar surface area (TPSA) is 226 Å². The SMILES string of the molecule is CCCCCCCCCCCCCCCCCCCCCC(O)C(COP(=O)(O)OC1C(O)C(O)C(O)C(O)C1O)NC(=O)CC(O)CCCCCCCCC. The van der Waals surface area contributed by atoms with Crippen LogP contribution in [0.4, 0.5) is 0 Å². The number of unbranched alkanes of at least 4 members (excludes halogenated alkanes) is 24. The van der Waals surface area contributed by atoms with Crippen molar-refractivity contribution in [3.8, 4) is 0 Å². The number of rotatable bonds is 37. The van der Waals surface area contributed by atoms with E-state index in [1.54, 1.807) is 0 Å². The van der Waals surface area contributed by atoms with Gasteiger partial charge >= 0.3 is 7.82 Å². The molecule has 56 heavy (non-hydrogen) atoms. The average Bonchev–Trinajstić information content (AvgIpc) is 3.17. The minimum absolute atomic E-state index is 0.218. The number of phosphoric acid groups is 1. The number of amides is 1. The van der Waals surface area contributed by atoms with E-state index in [9.17, 15) is 50.0 Å². The highest BCUT2D eigenvalue weighted by molar-refractivity contribution is 7.47. The highest BCUT2D eigenvalue weighted by Crippen LogP contribution is 2.47. The number of hydrogen-bond donors (Lipinski definition) is 9. The van der Waals surface area contributed by atoms with Crippen molar-refractivity contribution in [1.82, 2.24) is 5.32 Å². The highest BCUT2D eigenvalue weighted by Gasteiger charge is 2.51. The second-order valence-electron chi connectivity index (χ2n) is 16.4. The maximum absolute atomic E-state index is 12.9. The summed E-state index contributed by atoms with van der Waals surface area (Å²) < 4.78 is 22.8. The molecule has 8 atom stereocenters. The Morgan fingerprint density at radius 2 is 0.893 bits per heavy atom. The summed E-state index contributed by atoms with van der Waals surface area (Å²) in [4.78, 5) is 23.3. The zero-order chi connectivity index (χ0) is 41.6. The van der Waals surface area contributed by atoms with E-state index in [1.807, 2.05) is 0 Å². The molecule has 1 aliphatic rings. The molecule has 1 saturated carbocycles. The Balaban J connectivity index is 2.48. The molecule has 14 heteroatoms. The Labute approximate surface area is 339 Å². The fraction of sp³-hybridized carbons (Fsp3) is 0.976. The number of carbonyl (C=O) groups excluding carboxylic acids is 1. The number of carbonyl (C=O) groups is 1. The Morgan fingerprint density at radius 1 is 0.554 bits per heavy atom. The molecule has 0 aliphatic heterocycles. The van der Waals surface area contributed by atoms with E-state index >= 15 is 0 Å². The van der Waals surface area contributed by atoms with Crippen LogP contribution >= 0.6 is 7.82 Å². The summed E-state index contributed by atoms with van der Waals surface area (Å²) in [6, 6.07) is -1.15. The number of nitrogens with one attached hydrogen (secondary N) is 1. The van der Waals surface area contributed by atoms with Crippen LogP contribution in [-0.2, 0) is 18.4 Å². The summed E-state index contributed by atoms with van der Waals surface area (Å²) in [6.45, 7) is 3.74. The van der Waals surface area contributed by atoms with E-state index in [-0.39, 0.29) is 12.8 Å². The van der Waals surface area contributed by atoms with Crippen molar-refractivity contribution in [3.05, 3.63) is 0 Å². The first-order valence-corrected chi connectivity index (χ1v) is 24.1. The summed E-state index contributed by atoms with van der Waals surface area (Å²) >= 11 is 0. The lowest BCUT2D eigenvalue weighted by molar-refractivity contribution is -0.220. The maximum atomic E-state index is 12.9. The maximum Gasteiger partial charge on any atom is 0.472 e. The van der Waals surface area contributed by atoms with E-state index in [2.05, 4.69) is 19.2 Å². The minimum atomic E-state index is -5.10. The molecule has 0 heterocycles.